The summed E-state index contributed by atoms with van der Waals surface area (Å²) >= 11 is 0. The molecular weight excluding hydrogens is 538 g/mol. The predicted molar refractivity (Wildman–Crippen MR) is 158 cm³/mol. The van der Waals surface area contributed by atoms with Crippen LogP contribution in [0.4, 0.5) is 4.79 Å². The van der Waals surface area contributed by atoms with E-state index in [4.69, 9.17) is 23.7 Å². The molecule has 1 saturated heterocycles. The van der Waals surface area contributed by atoms with Crippen LogP contribution in [0.1, 0.15) is 82.7 Å². The number of aliphatic hydroxyl groups is 1. The third-order valence-corrected chi connectivity index (χ3v) is 7.37. The van der Waals surface area contributed by atoms with Gasteiger partial charge in [0.2, 0.25) is 0 Å². The number of aliphatic hydroxyl groups excluding tert-OH is 1. The molecule has 1 amide bonds. The largest absolute Gasteiger partial charge is 0.486 e. The van der Waals surface area contributed by atoms with Crippen molar-refractivity contribution in [1.82, 2.24) is 5.32 Å². The molecule has 9 heteroatoms. The quantitative estimate of drug-likeness (QED) is 0.383. The van der Waals surface area contributed by atoms with E-state index in [1.165, 1.54) is 11.1 Å². The Labute approximate surface area is 248 Å². The Morgan fingerprint density at radius 1 is 1.02 bits per heavy atom. The van der Waals surface area contributed by atoms with E-state index in [2.05, 4.69) is 36.5 Å². The summed E-state index contributed by atoms with van der Waals surface area (Å²) in [4.78, 5) is 25.2. The van der Waals surface area contributed by atoms with Crippen molar-refractivity contribution in [3.63, 3.8) is 0 Å². The zero-order valence-corrected chi connectivity index (χ0v) is 25.6. The van der Waals surface area contributed by atoms with Gasteiger partial charge in [-0.25, -0.2) is 9.59 Å². The van der Waals surface area contributed by atoms with Crippen LogP contribution in [0, 0.1) is 5.92 Å². The van der Waals surface area contributed by atoms with Gasteiger partial charge in [-0.3, -0.25) is 0 Å². The number of benzene rings is 2. The van der Waals surface area contributed by atoms with E-state index in [0.717, 1.165) is 35.5 Å². The number of ether oxygens (including phenoxy) is 5. The average Bonchev–Trinajstić information content (AvgIpc) is 2.93. The van der Waals surface area contributed by atoms with Crippen molar-refractivity contribution in [2.75, 3.05) is 19.8 Å². The number of fused-ring (bicyclic) bond motifs is 1. The number of hydrogen-bond acceptors (Lipinski definition) is 8. The lowest BCUT2D eigenvalue weighted by Crippen LogP contribution is -2.48. The third-order valence-electron chi connectivity index (χ3n) is 7.37. The lowest BCUT2D eigenvalue weighted by Gasteiger charge is -2.34. The SMILES string of the molecule is CCc1ccc(C2CC(O)CC(COC(=O)C(NC(=O)OC(C)(C)C)C(C)C)O2)cc1Cc1ccc2c(c1)OCCO2. The maximum atomic E-state index is 12.9. The Balaban J connectivity index is 1.41. The van der Waals surface area contributed by atoms with Crippen LogP contribution in [-0.4, -0.2) is 60.8 Å². The predicted octanol–water partition coefficient (Wildman–Crippen LogP) is 5.28. The third kappa shape index (κ3) is 8.61. The van der Waals surface area contributed by atoms with E-state index in [1.807, 2.05) is 26.0 Å². The first-order valence-electron chi connectivity index (χ1n) is 14.9. The number of hydrogen-bond donors (Lipinski definition) is 2. The van der Waals surface area contributed by atoms with E-state index in [-0.39, 0.29) is 18.6 Å². The minimum absolute atomic E-state index is 0.0251. The molecule has 42 heavy (non-hydrogen) atoms. The van der Waals surface area contributed by atoms with Gasteiger partial charge in [-0.2, -0.15) is 0 Å². The summed E-state index contributed by atoms with van der Waals surface area (Å²) in [6.07, 6.45) is 0.325. The summed E-state index contributed by atoms with van der Waals surface area (Å²) in [5, 5.41) is 13.3. The zero-order valence-electron chi connectivity index (χ0n) is 25.6. The zero-order chi connectivity index (χ0) is 30.4. The molecule has 9 nitrogen and oxygen atoms in total. The summed E-state index contributed by atoms with van der Waals surface area (Å²) < 4.78 is 28.7. The fraction of sp³-hybridized carbons (Fsp3) is 0.576. The molecule has 0 aromatic heterocycles. The van der Waals surface area contributed by atoms with Gasteiger partial charge in [-0.15, -0.1) is 0 Å². The summed E-state index contributed by atoms with van der Waals surface area (Å²) in [6.45, 7) is 12.1. The second kappa shape index (κ2) is 13.8. The topological polar surface area (TPSA) is 113 Å². The molecule has 0 saturated carbocycles. The number of alkyl carbamates (subject to hydrolysis) is 1. The number of aryl methyl sites for hydroxylation is 1. The highest BCUT2D eigenvalue weighted by Crippen LogP contribution is 2.35. The van der Waals surface area contributed by atoms with Crippen molar-refractivity contribution >= 4 is 12.1 Å². The first-order valence-corrected chi connectivity index (χ1v) is 14.9. The van der Waals surface area contributed by atoms with Gasteiger partial charge in [0.1, 0.15) is 31.5 Å². The number of carbonyl (C=O) groups is 2. The van der Waals surface area contributed by atoms with Crippen LogP contribution in [0.15, 0.2) is 36.4 Å². The Morgan fingerprint density at radius 3 is 2.45 bits per heavy atom. The van der Waals surface area contributed by atoms with Crippen LogP contribution in [0.3, 0.4) is 0 Å². The van der Waals surface area contributed by atoms with Crippen LogP contribution in [0.2, 0.25) is 0 Å². The van der Waals surface area contributed by atoms with Crippen molar-refractivity contribution in [2.24, 2.45) is 5.92 Å². The lowest BCUT2D eigenvalue weighted by atomic mass is 9.91. The molecule has 4 unspecified atom stereocenters. The highest BCUT2D eigenvalue weighted by molar-refractivity contribution is 5.81. The van der Waals surface area contributed by atoms with Crippen LogP contribution in [-0.2, 0) is 31.8 Å². The molecule has 2 heterocycles. The van der Waals surface area contributed by atoms with E-state index in [0.29, 0.717) is 26.1 Å². The fourth-order valence-electron chi connectivity index (χ4n) is 5.28. The molecule has 0 bridgehead atoms. The molecule has 4 rings (SSSR count). The Kier molecular flexibility index (Phi) is 10.4. The van der Waals surface area contributed by atoms with Gasteiger partial charge in [-0.1, -0.05) is 45.0 Å². The molecule has 0 radical (unpaired) electrons. The van der Waals surface area contributed by atoms with Gasteiger partial charge in [0.05, 0.1) is 18.3 Å². The molecule has 4 atom stereocenters. The maximum absolute atomic E-state index is 12.9. The van der Waals surface area contributed by atoms with Crippen LogP contribution >= 0.6 is 0 Å². The molecule has 0 aliphatic carbocycles. The number of esters is 1. The fourth-order valence-corrected chi connectivity index (χ4v) is 5.28. The molecule has 0 spiro atoms. The Hall–Kier alpha value is -3.30. The van der Waals surface area contributed by atoms with Gasteiger partial charge in [0.15, 0.2) is 11.5 Å². The summed E-state index contributed by atoms with van der Waals surface area (Å²) in [6, 6.07) is 11.5. The molecular formula is C33H45NO8. The van der Waals surface area contributed by atoms with Crippen molar-refractivity contribution in [3.8, 4) is 11.5 Å². The highest BCUT2D eigenvalue weighted by atomic mass is 16.6. The van der Waals surface area contributed by atoms with E-state index < -0.39 is 35.9 Å². The van der Waals surface area contributed by atoms with Gasteiger partial charge >= 0.3 is 12.1 Å². The molecule has 1 fully saturated rings. The molecule has 2 aliphatic heterocycles. The van der Waals surface area contributed by atoms with Gasteiger partial charge in [0, 0.05) is 12.8 Å². The first kappa shape index (κ1) is 31.6. The van der Waals surface area contributed by atoms with Crippen molar-refractivity contribution in [1.29, 1.82) is 0 Å². The van der Waals surface area contributed by atoms with Gasteiger partial charge in [0.25, 0.3) is 0 Å². The number of nitrogens with one attached hydrogen (secondary N) is 1. The number of amides is 1. The van der Waals surface area contributed by atoms with Crippen molar-refractivity contribution in [3.05, 3.63) is 58.7 Å². The number of rotatable bonds is 9. The minimum atomic E-state index is -0.867. The van der Waals surface area contributed by atoms with Crippen LogP contribution in [0.25, 0.3) is 0 Å². The smallest absolute Gasteiger partial charge is 0.408 e. The Morgan fingerprint density at radius 2 is 1.76 bits per heavy atom. The van der Waals surface area contributed by atoms with Gasteiger partial charge in [-0.05, 0) is 73.9 Å². The monoisotopic (exact) mass is 583 g/mol. The molecule has 2 N–H and O–H groups in total. The lowest BCUT2D eigenvalue weighted by molar-refractivity contribution is -0.160. The summed E-state index contributed by atoms with van der Waals surface area (Å²) in [5.74, 6) is 0.765. The maximum Gasteiger partial charge on any atom is 0.408 e. The van der Waals surface area contributed by atoms with E-state index >= 15 is 0 Å². The van der Waals surface area contributed by atoms with Crippen molar-refractivity contribution in [2.45, 2.75) is 97.2 Å². The average molecular weight is 584 g/mol. The normalized spacial score (nSPS) is 21.0. The molecule has 2 aliphatic rings. The van der Waals surface area contributed by atoms with Crippen molar-refractivity contribution < 1.29 is 38.4 Å². The minimum Gasteiger partial charge on any atom is -0.486 e. The first-order chi connectivity index (χ1) is 19.9. The van der Waals surface area contributed by atoms with Crippen LogP contribution < -0.4 is 14.8 Å². The van der Waals surface area contributed by atoms with E-state index in [9.17, 15) is 14.7 Å². The second-order valence-corrected chi connectivity index (χ2v) is 12.4. The second-order valence-electron chi connectivity index (χ2n) is 12.4. The molecule has 230 valence electrons. The molecule has 2 aromatic rings. The summed E-state index contributed by atoms with van der Waals surface area (Å²) in [7, 11) is 0. The van der Waals surface area contributed by atoms with Gasteiger partial charge < -0.3 is 34.1 Å². The standard InChI is InChI=1S/C33H45NO8/c1-7-22-9-10-23(16-24(22)14-21-8-11-27-29(15-21)39-13-12-38-27)28-18-25(35)17-26(41-28)19-40-31(36)30(20(2)3)34-32(37)42-33(4,5)6/h8-11,15-16,20,25-26,28,30,35H,7,12-14,17-19H2,1-6H3,(H,34,37). The van der Waals surface area contributed by atoms with E-state index in [1.54, 1.807) is 20.8 Å². The Bertz CT molecular complexity index is 1240. The molecule has 2 aromatic carbocycles. The van der Waals surface area contributed by atoms with Crippen LogP contribution in [0.5, 0.6) is 11.5 Å². The summed E-state index contributed by atoms with van der Waals surface area (Å²) in [5.41, 5.74) is 3.84. The highest BCUT2D eigenvalue weighted by Gasteiger charge is 2.33. The number of carbonyl (C=O) groups excluding carboxylic acids is 2.